The summed E-state index contributed by atoms with van der Waals surface area (Å²) in [7, 11) is 3.15. The average molecular weight is 347 g/mol. The van der Waals surface area contributed by atoms with Crippen LogP contribution in [-0.2, 0) is 0 Å². The van der Waals surface area contributed by atoms with E-state index >= 15 is 0 Å². The molecule has 3 rings (SSSR count). The molecule has 1 saturated heterocycles. The van der Waals surface area contributed by atoms with Gasteiger partial charge in [-0.15, -0.1) is 11.8 Å². The zero-order chi connectivity index (χ0) is 17.1. The molecule has 1 heterocycles. The van der Waals surface area contributed by atoms with Gasteiger partial charge in [0.25, 0.3) is 5.91 Å². The van der Waals surface area contributed by atoms with Gasteiger partial charge in [0.1, 0.15) is 11.2 Å². The fraction of sp³-hybridized carbons (Fsp3) is 0.278. The van der Waals surface area contributed by atoms with Crippen LogP contribution >= 0.6 is 11.8 Å². The number of benzene rings is 2. The number of methoxy groups -OCH3 is 2. The van der Waals surface area contributed by atoms with Crippen molar-refractivity contribution in [3.8, 4) is 11.5 Å². The number of nitrogens with zero attached hydrogens (tertiary/aromatic N) is 1. The third-order valence-corrected chi connectivity index (χ3v) is 5.20. The number of halogens is 1. The quantitative estimate of drug-likeness (QED) is 0.845. The van der Waals surface area contributed by atoms with Crippen molar-refractivity contribution in [2.45, 2.75) is 5.37 Å². The lowest BCUT2D eigenvalue weighted by Gasteiger charge is -2.26. The van der Waals surface area contributed by atoms with Crippen LogP contribution in [0, 0.1) is 5.82 Å². The first-order valence-corrected chi connectivity index (χ1v) is 8.60. The highest BCUT2D eigenvalue weighted by molar-refractivity contribution is 7.99. The van der Waals surface area contributed by atoms with Gasteiger partial charge in [-0.05, 0) is 18.2 Å². The van der Waals surface area contributed by atoms with Crippen LogP contribution in [0.5, 0.6) is 11.5 Å². The fourth-order valence-corrected chi connectivity index (χ4v) is 4.10. The molecule has 0 bridgehead atoms. The van der Waals surface area contributed by atoms with E-state index in [1.165, 1.54) is 12.1 Å². The van der Waals surface area contributed by atoms with Gasteiger partial charge in [0.05, 0.1) is 19.8 Å². The molecule has 126 valence electrons. The summed E-state index contributed by atoms with van der Waals surface area (Å²) in [5, 5.41) is -0.234. The number of ether oxygens (including phenoxy) is 2. The van der Waals surface area contributed by atoms with Crippen LogP contribution < -0.4 is 9.47 Å². The molecule has 1 aliphatic rings. The van der Waals surface area contributed by atoms with Crippen molar-refractivity contribution in [1.82, 2.24) is 4.90 Å². The van der Waals surface area contributed by atoms with Crippen molar-refractivity contribution in [2.75, 3.05) is 26.5 Å². The Morgan fingerprint density at radius 3 is 2.67 bits per heavy atom. The predicted octanol–water partition coefficient (Wildman–Crippen LogP) is 3.73. The summed E-state index contributed by atoms with van der Waals surface area (Å²) >= 11 is 1.63. The van der Waals surface area contributed by atoms with Gasteiger partial charge in [0.15, 0.2) is 11.5 Å². The van der Waals surface area contributed by atoms with Crippen LogP contribution in [0.3, 0.4) is 0 Å². The van der Waals surface area contributed by atoms with Crippen molar-refractivity contribution >= 4 is 17.7 Å². The molecule has 0 radical (unpaired) electrons. The Balaban J connectivity index is 1.97. The molecule has 0 aromatic heterocycles. The van der Waals surface area contributed by atoms with E-state index in [0.29, 0.717) is 18.0 Å². The van der Waals surface area contributed by atoms with Crippen LogP contribution in [0.2, 0.25) is 0 Å². The lowest BCUT2D eigenvalue weighted by molar-refractivity contribution is 0.0754. The molecule has 0 spiro atoms. The van der Waals surface area contributed by atoms with Crippen LogP contribution in [-0.4, -0.2) is 37.3 Å². The van der Waals surface area contributed by atoms with E-state index in [1.54, 1.807) is 43.0 Å². The Hall–Kier alpha value is -2.21. The van der Waals surface area contributed by atoms with Gasteiger partial charge in [-0.2, -0.15) is 0 Å². The van der Waals surface area contributed by atoms with E-state index in [-0.39, 0.29) is 16.8 Å². The summed E-state index contributed by atoms with van der Waals surface area (Å²) in [5.74, 6) is 1.18. The number of carbonyl (C=O) groups is 1. The SMILES string of the molecule is COc1cccc([C@H]2SCCN2C(=O)c2ccccc2F)c1OC. The number of hydrogen-bond donors (Lipinski definition) is 0. The third-order valence-electron chi connectivity index (χ3n) is 3.96. The van der Waals surface area contributed by atoms with Crippen LogP contribution in [0.1, 0.15) is 21.3 Å². The average Bonchev–Trinajstić information content (AvgIpc) is 3.10. The van der Waals surface area contributed by atoms with E-state index in [0.717, 1.165) is 11.3 Å². The van der Waals surface area contributed by atoms with Crippen molar-refractivity contribution < 1.29 is 18.7 Å². The largest absolute Gasteiger partial charge is 0.493 e. The Labute approximate surface area is 144 Å². The van der Waals surface area contributed by atoms with Crippen molar-refractivity contribution in [2.24, 2.45) is 0 Å². The number of hydrogen-bond acceptors (Lipinski definition) is 4. The van der Waals surface area contributed by atoms with Crippen LogP contribution in [0.4, 0.5) is 4.39 Å². The molecule has 0 N–H and O–H groups in total. The molecular weight excluding hydrogens is 329 g/mol. The van der Waals surface area contributed by atoms with E-state index in [9.17, 15) is 9.18 Å². The molecular formula is C18H18FNO3S. The molecule has 0 aliphatic carbocycles. The summed E-state index contributed by atoms with van der Waals surface area (Å²) in [6, 6.07) is 11.6. The first-order chi connectivity index (χ1) is 11.7. The smallest absolute Gasteiger partial charge is 0.258 e. The Morgan fingerprint density at radius 1 is 1.17 bits per heavy atom. The molecule has 2 aromatic rings. The van der Waals surface area contributed by atoms with E-state index in [1.807, 2.05) is 18.2 Å². The van der Waals surface area contributed by atoms with Gasteiger partial charge in [0, 0.05) is 17.9 Å². The Morgan fingerprint density at radius 2 is 1.96 bits per heavy atom. The Bertz CT molecular complexity index is 753. The van der Waals surface area contributed by atoms with Gasteiger partial charge in [-0.25, -0.2) is 4.39 Å². The summed E-state index contributed by atoms with van der Waals surface area (Å²) in [4.78, 5) is 14.5. The number of carbonyl (C=O) groups excluding carboxylic acids is 1. The van der Waals surface area contributed by atoms with Crippen molar-refractivity contribution in [3.63, 3.8) is 0 Å². The van der Waals surface area contributed by atoms with Gasteiger partial charge in [0.2, 0.25) is 0 Å². The van der Waals surface area contributed by atoms with Crippen LogP contribution in [0.25, 0.3) is 0 Å². The lowest BCUT2D eigenvalue weighted by atomic mass is 10.1. The van der Waals surface area contributed by atoms with Crippen LogP contribution in [0.15, 0.2) is 42.5 Å². The molecule has 2 aromatic carbocycles. The number of thioether (sulfide) groups is 1. The minimum Gasteiger partial charge on any atom is -0.493 e. The number of para-hydroxylation sites is 1. The minimum atomic E-state index is -0.504. The first-order valence-electron chi connectivity index (χ1n) is 7.55. The first kappa shape index (κ1) is 16.6. The van der Waals surface area contributed by atoms with E-state index in [4.69, 9.17) is 9.47 Å². The fourth-order valence-electron chi connectivity index (χ4n) is 2.83. The molecule has 1 amide bonds. The van der Waals surface area contributed by atoms with Gasteiger partial charge in [-0.3, -0.25) is 4.79 Å². The molecule has 1 atom stereocenters. The predicted molar refractivity (Wildman–Crippen MR) is 92.2 cm³/mol. The maximum atomic E-state index is 14.0. The highest BCUT2D eigenvalue weighted by Crippen LogP contribution is 2.45. The normalized spacial score (nSPS) is 17.0. The zero-order valence-electron chi connectivity index (χ0n) is 13.5. The summed E-state index contributed by atoms with van der Waals surface area (Å²) in [6.07, 6.45) is 0. The highest BCUT2D eigenvalue weighted by atomic mass is 32.2. The van der Waals surface area contributed by atoms with Gasteiger partial charge >= 0.3 is 0 Å². The van der Waals surface area contributed by atoms with Crippen molar-refractivity contribution in [3.05, 3.63) is 59.4 Å². The summed E-state index contributed by atoms with van der Waals surface area (Å²) in [5.41, 5.74) is 0.941. The molecule has 24 heavy (non-hydrogen) atoms. The monoisotopic (exact) mass is 347 g/mol. The molecule has 6 heteroatoms. The lowest BCUT2D eigenvalue weighted by Crippen LogP contribution is -2.31. The summed E-state index contributed by atoms with van der Waals surface area (Å²) < 4.78 is 24.8. The maximum Gasteiger partial charge on any atom is 0.258 e. The van der Waals surface area contributed by atoms with Gasteiger partial charge < -0.3 is 14.4 Å². The van der Waals surface area contributed by atoms with Gasteiger partial charge in [-0.1, -0.05) is 24.3 Å². The molecule has 1 aliphatic heterocycles. The second kappa shape index (κ2) is 7.13. The topological polar surface area (TPSA) is 38.8 Å². The van der Waals surface area contributed by atoms with E-state index < -0.39 is 5.82 Å². The van der Waals surface area contributed by atoms with Crippen molar-refractivity contribution in [1.29, 1.82) is 0 Å². The minimum absolute atomic E-state index is 0.0897. The highest BCUT2D eigenvalue weighted by Gasteiger charge is 2.34. The molecule has 0 unspecified atom stereocenters. The second-order valence-corrected chi connectivity index (χ2v) is 6.47. The Kier molecular flexibility index (Phi) is 4.94. The summed E-state index contributed by atoms with van der Waals surface area (Å²) in [6.45, 7) is 0.558. The zero-order valence-corrected chi connectivity index (χ0v) is 14.3. The number of rotatable bonds is 4. The van der Waals surface area contributed by atoms with E-state index in [2.05, 4.69) is 0 Å². The second-order valence-electron chi connectivity index (χ2n) is 5.28. The molecule has 0 saturated carbocycles. The molecule has 1 fully saturated rings. The number of amides is 1. The third kappa shape index (κ3) is 2.94. The maximum absolute atomic E-state index is 14.0. The molecule has 4 nitrogen and oxygen atoms in total. The standard InChI is InChI=1S/C18H18FNO3S/c1-22-15-9-5-7-13(16(15)23-2)18-20(10-11-24-18)17(21)12-6-3-4-8-14(12)19/h3-9,18H,10-11H2,1-2H3/t18-/m1/s1.